The van der Waals surface area contributed by atoms with Crippen LogP contribution < -0.4 is 135 Å². The molecule has 0 saturated heterocycles. The van der Waals surface area contributed by atoms with Gasteiger partial charge in [-0.2, -0.15) is 0 Å². The van der Waals surface area contributed by atoms with Crippen molar-refractivity contribution in [3.63, 3.8) is 0 Å². The summed E-state index contributed by atoms with van der Waals surface area (Å²) < 4.78 is 0. The predicted octanol–water partition coefficient (Wildman–Crippen LogP) is -14.5. The van der Waals surface area contributed by atoms with Gasteiger partial charge in [0.15, 0.2) is 0 Å². The molecule has 34 N–H and O–H groups in total. The number of carboxylic acid groups (broad SMARTS) is 4. The van der Waals surface area contributed by atoms with Crippen molar-refractivity contribution >= 4 is 148 Å². The van der Waals surface area contributed by atoms with E-state index in [4.69, 9.17) is 28.0 Å². The first-order chi connectivity index (χ1) is 60.9. The van der Waals surface area contributed by atoms with Gasteiger partial charge in [0, 0.05) is 19.3 Å². The predicted molar refractivity (Wildman–Crippen MR) is 450 cm³/mol. The molecule has 21 amide bonds. The molecule has 0 aromatic rings. The zero-order chi connectivity index (χ0) is 99.2. The average molecular weight is 1860 g/mol. The van der Waals surface area contributed by atoms with Crippen molar-refractivity contribution in [2.24, 2.45) is 22.9 Å². The fourth-order valence-corrected chi connectivity index (χ4v) is 10.9. The molecule has 0 unspecified atom stereocenters. The quantitative estimate of drug-likeness (QED) is 0.0251. The molecule has 0 aromatic carbocycles. The molecule has 0 radical (unpaired) electrons. The van der Waals surface area contributed by atoms with Gasteiger partial charge in [-0.05, 0) is 159 Å². The van der Waals surface area contributed by atoms with Gasteiger partial charge in [-0.15, -0.1) is 0 Å². The van der Waals surface area contributed by atoms with Crippen molar-refractivity contribution in [2.45, 2.75) is 255 Å². The molecule has 0 fully saturated rings. The Morgan fingerprint density at radius 2 is 0.408 bits per heavy atom. The van der Waals surface area contributed by atoms with E-state index in [2.05, 4.69) is 112 Å². The van der Waals surface area contributed by atoms with Crippen LogP contribution in [-0.2, 0) is 120 Å². The minimum Gasteiger partial charge on any atom is -0.481 e. The molecule has 0 heterocycles. The van der Waals surface area contributed by atoms with Crippen molar-refractivity contribution in [2.75, 3.05) is 65.5 Å². The third kappa shape index (κ3) is 49.0. The molecular weight excluding hydrogens is 1730 g/mol. The lowest BCUT2D eigenvalue weighted by Gasteiger charge is -2.26. The average Bonchev–Trinajstić information content (AvgIpc) is 0.872. The van der Waals surface area contributed by atoms with E-state index in [9.17, 15) is 140 Å². The van der Waals surface area contributed by atoms with Gasteiger partial charge in [0.25, 0.3) is 0 Å². The summed E-state index contributed by atoms with van der Waals surface area (Å²) in [4.78, 5) is 322. The summed E-state index contributed by atoms with van der Waals surface area (Å²) in [7, 11) is 0. The molecule has 0 spiro atoms. The van der Waals surface area contributed by atoms with E-state index < -0.39 is 329 Å². The molecule has 0 rings (SSSR count). The van der Waals surface area contributed by atoms with Gasteiger partial charge in [0.2, 0.25) is 124 Å². The molecule has 0 aromatic heterocycles. The van der Waals surface area contributed by atoms with Crippen LogP contribution in [0.1, 0.15) is 159 Å². The Labute approximate surface area is 746 Å². The van der Waals surface area contributed by atoms with Crippen LogP contribution in [0.3, 0.4) is 0 Å². The third-order valence-corrected chi connectivity index (χ3v) is 18.6. The summed E-state index contributed by atoms with van der Waals surface area (Å²) in [5.41, 5.74) is 22.1. The van der Waals surface area contributed by atoms with Gasteiger partial charge in [-0.3, -0.25) is 120 Å². The Balaban J connectivity index is 6.12. The molecule has 130 heavy (non-hydrogen) atoms. The van der Waals surface area contributed by atoms with Crippen LogP contribution in [0.25, 0.3) is 0 Å². The van der Waals surface area contributed by atoms with E-state index in [0.29, 0.717) is 19.3 Å². The van der Waals surface area contributed by atoms with Crippen LogP contribution in [-0.4, -0.2) is 336 Å². The van der Waals surface area contributed by atoms with Crippen molar-refractivity contribution in [1.29, 1.82) is 0 Å². The number of hydrogen-bond donors (Lipinski definition) is 30. The maximum Gasteiger partial charge on any atom is 0.322 e. The van der Waals surface area contributed by atoms with Gasteiger partial charge >= 0.3 is 23.9 Å². The fourth-order valence-electron chi connectivity index (χ4n) is 10.9. The van der Waals surface area contributed by atoms with E-state index >= 15 is 0 Å². The Morgan fingerprint density at radius 1 is 0.208 bits per heavy atom. The van der Waals surface area contributed by atoms with Crippen molar-refractivity contribution < 1.29 is 145 Å². The first kappa shape index (κ1) is 117. The van der Waals surface area contributed by atoms with E-state index in [0.717, 1.165) is 20.8 Å². The molecule has 55 nitrogen and oxygen atoms in total. The molecule has 0 aliphatic carbocycles. The lowest BCUT2D eigenvalue weighted by atomic mass is 10.1. The van der Waals surface area contributed by atoms with Gasteiger partial charge in [0.1, 0.15) is 103 Å². The van der Waals surface area contributed by atoms with Crippen molar-refractivity contribution in [3.05, 3.63) is 0 Å². The molecule has 55 heteroatoms. The van der Waals surface area contributed by atoms with Crippen LogP contribution in [0.2, 0.25) is 0 Å². The highest BCUT2D eigenvalue weighted by Gasteiger charge is 2.37. The van der Waals surface area contributed by atoms with Gasteiger partial charge in [0.05, 0.1) is 39.3 Å². The highest BCUT2D eigenvalue weighted by atomic mass is 16.4. The minimum atomic E-state index is -1.80. The fraction of sp³-hybridized carbons (Fsp3) is 0.667. The number of aliphatic carboxylic acids is 4. The second-order valence-corrected chi connectivity index (χ2v) is 29.8. The number of hydrogen-bond acceptors (Lipinski definition) is 30. The van der Waals surface area contributed by atoms with Crippen LogP contribution in [0, 0.1) is 0 Å². The van der Waals surface area contributed by atoms with Gasteiger partial charge in [-0.1, -0.05) is 0 Å². The lowest BCUT2D eigenvalue weighted by molar-refractivity contribution is -0.139. The second kappa shape index (κ2) is 62.7. The number of aliphatic hydroxyl groups is 1. The zero-order valence-corrected chi connectivity index (χ0v) is 73.7. The Kier molecular flexibility index (Phi) is 56.2. The van der Waals surface area contributed by atoms with Crippen LogP contribution in [0.4, 0.5) is 0 Å². The highest BCUT2D eigenvalue weighted by molar-refractivity contribution is 6.02. The summed E-state index contributed by atoms with van der Waals surface area (Å²) in [6, 6.07) is -24.6. The topological polar surface area (TPSA) is 885 Å². The number of unbranched alkanes of at least 4 members (excludes halogenated alkanes) is 3. The number of rotatable bonds is 65. The number of carbonyl (C=O) groups excluding carboxylic acids is 21. The molecule has 732 valence electrons. The standard InChI is InChI=1S/C75H127N25O30/c1-35(60(115)88-41(7)66(121)95-44(16-10-13-25-76)69(124)84-31-54(105)83-33-59(113)114)85-63(118)38(4)91-70(125)47(19-22-56(107)108)98-73(128)45(17-11-14-26-77)96-67(122)42(8)89-61(116)36(2)86-64(119)39(5)92-71(126)48(20-23-57(109)110)99-74(129)46(18-12-15-27-78)97-68(123)43(9)90-62(117)37(3)87-65(120)40(6)93-72(127)49(21-24-58(111)112)100-75(130)50(34-101)94-55(106)32-82-53(104)30-81-52(103)29-80-51(102)28-79/h35-50,101H,10-34,76-79H2,1-9H3,(H,80,102)(H,81,103)(H,82,104)(H,83,105)(H,84,124)(H,85,118)(H,86,119)(H,87,120)(H,88,115)(H,89,116)(H,90,117)(H,91,125)(H,92,126)(H,93,127)(H,94,106)(H,95,121)(H,96,122)(H,97,123)(H,98,128)(H,99,129)(H,100,130)(H,107,108)(H,109,110)(H,111,112)(H,113,114)/t35-,36-,37-,38-,39-,40-,41-,42-,43-,44-,45-,46-,47-,48-,49-,50-/m0/s1. The van der Waals surface area contributed by atoms with E-state index in [1.54, 1.807) is 0 Å². The van der Waals surface area contributed by atoms with Gasteiger partial charge in [-0.25, -0.2) is 0 Å². The number of carbonyl (C=O) groups is 25. The maximum atomic E-state index is 14.0. The van der Waals surface area contributed by atoms with Crippen LogP contribution in [0.15, 0.2) is 0 Å². The number of amides is 21. The summed E-state index contributed by atoms with van der Waals surface area (Å²) in [6.45, 7) is 6.27. The lowest BCUT2D eigenvalue weighted by Crippen LogP contribution is -2.60. The van der Waals surface area contributed by atoms with E-state index in [1.165, 1.54) is 41.5 Å². The number of carboxylic acids is 4. The van der Waals surface area contributed by atoms with Crippen molar-refractivity contribution in [1.82, 2.24) is 112 Å². The largest absolute Gasteiger partial charge is 0.481 e. The second-order valence-electron chi connectivity index (χ2n) is 29.8. The molecule has 0 saturated carbocycles. The normalized spacial score (nSPS) is 14.5. The highest BCUT2D eigenvalue weighted by Crippen LogP contribution is 2.11. The van der Waals surface area contributed by atoms with Gasteiger partial charge < -0.3 is 160 Å². The first-order valence-corrected chi connectivity index (χ1v) is 41.4. The number of nitrogens with two attached hydrogens (primary N) is 4. The summed E-state index contributed by atoms with van der Waals surface area (Å²) >= 11 is 0. The smallest absolute Gasteiger partial charge is 0.322 e. The molecule has 16 atom stereocenters. The SMILES string of the molecule is C[C@H](NC(=O)[C@H](C)NC(=O)[C@H](CCC(=O)O)NC(=O)[C@H](CO)NC(=O)CNC(=O)CNC(=O)CNC(=O)CN)C(=O)N[C@@H](C)C(=O)N[C@@H](CCCCN)C(=O)N[C@@H](CCC(=O)O)C(=O)N[C@@H](C)C(=O)N[C@@H](C)C(=O)N[C@@H](C)C(=O)N[C@@H](CCCCN)C(=O)N[C@@H](CCC(=O)O)C(=O)N[C@@H](C)C(=O)N[C@@H](C)C(=O)N[C@@H](C)C(=O)N[C@@H](CCCCN)C(=O)NCC(=O)NCC(=O)O. The molecular formula is C75H127N25O30. The Hall–Kier alpha value is -13.4. The first-order valence-electron chi connectivity index (χ1n) is 41.4. The van der Waals surface area contributed by atoms with E-state index in [-0.39, 0.29) is 58.2 Å². The summed E-state index contributed by atoms with van der Waals surface area (Å²) in [5.74, 6) is -26.3. The number of nitrogens with one attached hydrogen (secondary N) is 21. The third-order valence-electron chi connectivity index (χ3n) is 18.6. The molecule has 0 aliphatic heterocycles. The monoisotopic (exact) mass is 1860 g/mol. The Morgan fingerprint density at radius 3 is 0.654 bits per heavy atom. The van der Waals surface area contributed by atoms with Crippen LogP contribution >= 0.6 is 0 Å². The minimum absolute atomic E-state index is 0.0460. The number of aliphatic hydroxyl groups excluding tert-OH is 1. The molecule has 0 aliphatic rings. The van der Waals surface area contributed by atoms with Crippen molar-refractivity contribution in [3.8, 4) is 0 Å². The Bertz CT molecular complexity index is 3950. The molecule has 0 bridgehead atoms. The maximum absolute atomic E-state index is 14.0. The van der Waals surface area contributed by atoms with E-state index in [1.807, 2.05) is 0 Å². The summed E-state index contributed by atoms with van der Waals surface area (Å²) in [5, 5.41) is 95.2. The zero-order valence-electron chi connectivity index (χ0n) is 73.7. The van der Waals surface area contributed by atoms with Crippen LogP contribution in [0.5, 0.6) is 0 Å². The summed E-state index contributed by atoms with van der Waals surface area (Å²) in [6.07, 6.45) is -2.53.